The van der Waals surface area contributed by atoms with Crippen LogP contribution in [0.25, 0.3) is 0 Å². The lowest BCUT2D eigenvalue weighted by Gasteiger charge is -2.07. The average Bonchev–Trinajstić information content (AvgIpc) is 2.27. The zero-order valence-corrected chi connectivity index (χ0v) is 10.9. The molecule has 1 aromatic heterocycles. The predicted molar refractivity (Wildman–Crippen MR) is 67.7 cm³/mol. The molecule has 0 saturated heterocycles. The molecular formula is C11H14ClN3O3. The molecule has 0 aliphatic heterocycles. The maximum absolute atomic E-state index is 11.8. The van der Waals surface area contributed by atoms with Gasteiger partial charge in [-0.3, -0.25) is 14.9 Å². The summed E-state index contributed by atoms with van der Waals surface area (Å²) in [5, 5.41) is 13.4. The van der Waals surface area contributed by atoms with Gasteiger partial charge in [-0.05, 0) is 18.4 Å². The summed E-state index contributed by atoms with van der Waals surface area (Å²) < 4.78 is 0. The highest BCUT2D eigenvalue weighted by atomic mass is 35.5. The Labute approximate surface area is 110 Å². The minimum Gasteiger partial charge on any atom is -0.352 e. The van der Waals surface area contributed by atoms with Crippen molar-refractivity contribution in [2.45, 2.75) is 20.3 Å². The predicted octanol–water partition coefficient (Wildman–Crippen LogP) is 2.42. The normalized spacial score (nSPS) is 10.4. The summed E-state index contributed by atoms with van der Waals surface area (Å²) in [5.41, 5.74) is -0.412. The van der Waals surface area contributed by atoms with Crippen molar-refractivity contribution in [3.63, 3.8) is 0 Å². The van der Waals surface area contributed by atoms with E-state index in [1.165, 1.54) is 6.07 Å². The molecule has 0 spiro atoms. The third kappa shape index (κ3) is 3.96. The number of nitrogens with one attached hydrogen (secondary N) is 1. The number of aromatic nitrogens is 1. The van der Waals surface area contributed by atoms with Crippen LogP contribution in [0.5, 0.6) is 0 Å². The number of amides is 1. The molecule has 6 nitrogen and oxygen atoms in total. The lowest BCUT2D eigenvalue weighted by Crippen LogP contribution is -2.26. The molecule has 1 amide bonds. The minimum absolute atomic E-state index is 0.0506. The number of rotatable bonds is 5. The highest BCUT2D eigenvalue weighted by Gasteiger charge is 2.21. The Hall–Kier alpha value is -1.69. The molecule has 0 atom stereocenters. The summed E-state index contributed by atoms with van der Waals surface area (Å²) >= 11 is 5.64. The van der Waals surface area contributed by atoms with Crippen molar-refractivity contribution in [2.24, 2.45) is 5.92 Å². The molecule has 0 saturated carbocycles. The first-order valence-corrected chi connectivity index (χ1v) is 5.87. The lowest BCUT2D eigenvalue weighted by atomic mass is 10.1. The second-order valence-electron chi connectivity index (χ2n) is 4.22. The van der Waals surface area contributed by atoms with Gasteiger partial charge in [-0.1, -0.05) is 25.4 Å². The molecule has 98 valence electrons. The van der Waals surface area contributed by atoms with Gasteiger partial charge in [-0.2, -0.15) is 0 Å². The maximum Gasteiger partial charge on any atom is 0.300 e. The highest BCUT2D eigenvalue weighted by Crippen LogP contribution is 2.20. The van der Waals surface area contributed by atoms with E-state index in [1.54, 1.807) is 0 Å². The highest BCUT2D eigenvalue weighted by molar-refractivity contribution is 6.29. The molecule has 18 heavy (non-hydrogen) atoms. The molecule has 1 N–H and O–H groups in total. The van der Waals surface area contributed by atoms with Gasteiger partial charge >= 0.3 is 0 Å². The van der Waals surface area contributed by atoms with Crippen molar-refractivity contribution in [1.82, 2.24) is 10.3 Å². The molecule has 0 bridgehead atoms. The SMILES string of the molecule is CC(C)CCNC(=O)c1cc(Cl)ncc1[N+](=O)[O-]. The molecule has 0 aromatic carbocycles. The van der Waals surface area contributed by atoms with E-state index in [9.17, 15) is 14.9 Å². The molecule has 0 fully saturated rings. The third-order valence-electron chi connectivity index (χ3n) is 2.30. The lowest BCUT2D eigenvalue weighted by molar-refractivity contribution is -0.385. The largest absolute Gasteiger partial charge is 0.352 e. The van der Waals surface area contributed by atoms with Gasteiger partial charge in [0, 0.05) is 6.54 Å². The number of carbonyl (C=O) groups is 1. The van der Waals surface area contributed by atoms with E-state index in [2.05, 4.69) is 10.3 Å². The monoisotopic (exact) mass is 271 g/mol. The third-order valence-corrected chi connectivity index (χ3v) is 2.50. The number of halogens is 1. The summed E-state index contributed by atoms with van der Waals surface area (Å²) in [6.45, 7) is 4.52. The van der Waals surface area contributed by atoms with E-state index in [0.29, 0.717) is 12.5 Å². The Morgan fingerprint density at radius 3 is 2.83 bits per heavy atom. The Morgan fingerprint density at radius 2 is 2.28 bits per heavy atom. The Bertz CT molecular complexity index is 463. The van der Waals surface area contributed by atoms with Crippen LogP contribution >= 0.6 is 11.6 Å². The summed E-state index contributed by atoms with van der Waals surface area (Å²) in [7, 11) is 0. The quantitative estimate of drug-likeness (QED) is 0.506. The number of nitro groups is 1. The number of hydrogen-bond donors (Lipinski definition) is 1. The Balaban J connectivity index is 2.84. The van der Waals surface area contributed by atoms with E-state index >= 15 is 0 Å². The smallest absolute Gasteiger partial charge is 0.300 e. The van der Waals surface area contributed by atoms with Crippen molar-refractivity contribution in [2.75, 3.05) is 6.54 Å². The van der Waals surface area contributed by atoms with Gasteiger partial charge in [0.25, 0.3) is 11.6 Å². The summed E-state index contributed by atoms with van der Waals surface area (Å²) in [4.78, 5) is 25.5. The molecule has 0 aliphatic carbocycles. The number of nitrogens with zero attached hydrogens (tertiary/aromatic N) is 2. The fourth-order valence-corrected chi connectivity index (χ4v) is 1.48. The van der Waals surface area contributed by atoms with Crippen LogP contribution in [0.2, 0.25) is 5.15 Å². The zero-order valence-electron chi connectivity index (χ0n) is 10.1. The van der Waals surface area contributed by atoms with Crippen LogP contribution in [-0.4, -0.2) is 22.4 Å². The van der Waals surface area contributed by atoms with E-state index in [4.69, 9.17) is 11.6 Å². The molecule has 0 aliphatic rings. The topological polar surface area (TPSA) is 85.1 Å². The van der Waals surface area contributed by atoms with Crippen LogP contribution in [0.15, 0.2) is 12.3 Å². The van der Waals surface area contributed by atoms with Crippen LogP contribution in [0.1, 0.15) is 30.6 Å². The van der Waals surface area contributed by atoms with E-state index < -0.39 is 10.8 Å². The number of pyridine rings is 1. The van der Waals surface area contributed by atoms with Crippen LogP contribution < -0.4 is 5.32 Å². The van der Waals surface area contributed by atoms with Crippen LogP contribution in [-0.2, 0) is 0 Å². The zero-order chi connectivity index (χ0) is 13.7. The van der Waals surface area contributed by atoms with Crippen molar-refractivity contribution in [1.29, 1.82) is 0 Å². The van der Waals surface area contributed by atoms with Crippen LogP contribution in [0.3, 0.4) is 0 Å². The molecular weight excluding hydrogens is 258 g/mol. The van der Waals surface area contributed by atoms with Gasteiger partial charge in [-0.15, -0.1) is 0 Å². The second kappa shape index (κ2) is 6.30. The van der Waals surface area contributed by atoms with Crippen LogP contribution in [0, 0.1) is 16.0 Å². The van der Waals surface area contributed by atoms with Gasteiger partial charge in [0.2, 0.25) is 0 Å². The average molecular weight is 272 g/mol. The fourth-order valence-electron chi connectivity index (χ4n) is 1.32. The van der Waals surface area contributed by atoms with Crippen molar-refractivity contribution in [3.05, 3.63) is 33.1 Å². The fraction of sp³-hybridized carbons (Fsp3) is 0.455. The first-order chi connectivity index (χ1) is 8.41. The Kier molecular flexibility index (Phi) is 5.03. The van der Waals surface area contributed by atoms with E-state index in [0.717, 1.165) is 12.6 Å². The number of carbonyl (C=O) groups excluding carboxylic acids is 1. The summed E-state index contributed by atoms with van der Waals surface area (Å²) in [6.07, 6.45) is 1.79. The molecule has 7 heteroatoms. The maximum atomic E-state index is 11.8. The standard InChI is InChI=1S/C11H14ClN3O3/c1-7(2)3-4-13-11(16)8-5-10(12)14-6-9(8)15(17)18/h5-7H,3-4H2,1-2H3,(H,13,16). The summed E-state index contributed by atoms with van der Waals surface area (Å²) in [6, 6.07) is 1.20. The van der Waals surface area contributed by atoms with Crippen molar-refractivity contribution >= 4 is 23.2 Å². The van der Waals surface area contributed by atoms with E-state index in [1.807, 2.05) is 13.8 Å². The van der Waals surface area contributed by atoms with Gasteiger partial charge in [0.05, 0.1) is 4.92 Å². The van der Waals surface area contributed by atoms with Gasteiger partial charge < -0.3 is 5.32 Å². The molecule has 1 heterocycles. The molecule has 0 unspecified atom stereocenters. The first-order valence-electron chi connectivity index (χ1n) is 5.50. The van der Waals surface area contributed by atoms with Gasteiger partial charge in [-0.25, -0.2) is 4.98 Å². The molecule has 1 rings (SSSR count). The molecule has 1 aromatic rings. The van der Waals surface area contributed by atoms with Gasteiger partial charge in [0.15, 0.2) is 0 Å². The van der Waals surface area contributed by atoms with Gasteiger partial charge in [0.1, 0.15) is 16.9 Å². The van der Waals surface area contributed by atoms with Crippen molar-refractivity contribution in [3.8, 4) is 0 Å². The Morgan fingerprint density at radius 1 is 1.61 bits per heavy atom. The second-order valence-corrected chi connectivity index (χ2v) is 4.61. The van der Waals surface area contributed by atoms with Crippen LogP contribution in [0.4, 0.5) is 5.69 Å². The molecule has 0 radical (unpaired) electrons. The van der Waals surface area contributed by atoms with E-state index in [-0.39, 0.29) is 16.4 Å². The minimum atomic E-state index is -0.652. The van der Waals surface area contributed by atoms with Crippen molar-refractivity contribution < 1.29 is 9.72 Å². The number of hydrogen-bond acceptors (Lipinski definition) is 4. The summed E-state index contributed by atoms with van der Waals surface area (Å²) in [5.74, 6) is -0.0621. The first kappa shape index (κ1) is 14.4.